The van der Waals surface area contributed by atoms with Gasteiger partial charge in [-0.1, -0.05) is 0 Å². The third kappa shape index (κ3) is 4.10. The summed E-state index contributed by atoms with van der Waals surface area (Å²) in [5.74, 6) is -0.987. The molecule has 1 unspecified atom stereocenters. The van der Waals surface area contributed by atoms with Gasteiger partial charge in [-0.15, -0.1) is 0 Å². The van der Waals surface area contributed by atoms with Gasteiger partial charge in [0, 0.05) is 20.7 Å². The molecule has 1 rings (SSSR count). The molecule has 0 aliphatic rings. The predicted octanol–water partition coefficient (Wildman–Crippen LogP) is -0.395. The average Bonchev–Trinajstić information content (AvgIpc) is 2.67. The zero-order valence-electron chi connectivity index (χ0n) is 10.6. The Balaban J connectivity index is 2.39. The fourth-order valence-electron chi connectivity index (χ4n) is 1.60. The zero-order valence-corrected chi connectivity index (χ0v) is 10.6. The molecule has 0 spiro atoms. The average molecular weight is 257 g/mol. The van der Waals surface area contributed by atoms with E-state index in [4.69, 9.17) is 9.84 Å². The third-order valence-electron chi connectivity index (χ3n) is 2.60. The normalized spacial score (nSPS) is 12.6. The number of methoxy groups -OCH3 is 1. The number of hydrogen-bond donors (Lipinski definition) is 3. The second-order valence-corrected chi connectivity index (χ2v) is 4.01. The second-order valence-electron chi connectivity index (χ2n) is 4.01. The van der Waals surface area contributed by atoms with Crippen molar-refractivity contribution in [2.45, 2.75) is 19.1 Å². The van der Waals surface area contributed by atoms with E-state index in [1.807, 2.05) is 0 Å². The highest BCUT2D eigenvalue weighted by Crippen LogP contribution is 2.07. The smallest absolute Gasteiger partial charge is 0.339 e. The van der Waals surface area contributed by atoms with Crippen LogP contribution in [0, 0.1) is 0 Å². The molecule has 0 aliphatic heterocycles. The number of hydrogen-bond acceptors (Lipinski definition) is 5. The van der Waals surface area contributed by atoms with Gasteiger partial charge in [0.1, 0.15) is 5.56 Å². The first-order chi connectivity index (χ1) is 8.56. The molecule has 102 valence electrons. The molecule has 7 nitrogen and oxygen atoms in total. The lowest BCUT2D eigenvalue weighted by atomic mass is 10.2. The van der Waals surface area contributed by atoms with Crippen molar-refractivity contribution >= 4 is 5.97 Å². The standard InChI is InChI=1S/C11H19N3O4/c1-14-10(9(5-13-14)11(16)17)6-12-4-3-8(15)7-18-2/h5,8,12,15H,3-4,6-7H2,1-2H3,(H,16,17). The Morgan fingerprint density at radius 2 is 2.39 bits per heavy atom. The minimum absolute atomic E-state index is 0.197. The number of aliphatic hydroxyl groups excluding tert-OH is 1. The molecule has 0 saturated carbocycles. The quantitative estimate of drug-likeness (QED) is 0.549. The van der Waals surface area contributed by atoms with Gasteiger partial charge in [0.15, 0.2) is 0 Å². The van der Waals surface area contributed by atoms with Gasteiger partial charge in [-0.3, -0.25) is 4.68 Å². The number of aliphatic hydroxyl groups is 1. The molecule has 1 aromatic rings. The summed E-state index contributed by atoms with van der Waals surface area (Å²) < 4.78 is 6.34. The highest BCUT2D eigenvalue weighted by Gasteiger charge is 2.14. The molecule has 0 radical (unpaired) electrons. The van der Waals surface area contributed by atoms with Crippen LogP contribution in [0.2, 0.25) is 0 Å². The lowest BCUT2D eigenvalue weighted by Gasteiger charge is -2.10. The zero-order chi connectivity index (χ0) is 13.5. The van der Waals surface area contributed by atoms with E-state index in [2.05, 4.69) is 10.4 Å². The molecule has 0 bridgehead atoms. The Kier molecular flexibility index (Phi) is 5.76. The number of ether oxygens (including phenoxy) is 1. The van der Waals surface area contributed by atoms with E-state index in [1.165, 1.54) is 18.0 Å². The maximum absolute atomic E-state index is 10.9. The number of nitrogens with one attached hydrogen (secondary N) is 1. The van der Waals surface area contributed by atoms with Crippen LogP contribution in [0.3, 0.4) is 0 Å². The van der Waals surface area contributed by atoms with Gasteiger partial charge in [0.05, 0.1) is 24.6 Å². The van der Waals surface area contributed by atoms with E-state index in [1.54, 1.807) is 7.05 Å². The van der Waals surface area contributed by atoms with Crippen molar-refractivity contribution in [3.05, 3.63) is 17.5 Å². The fourth-order valence-corrected chi connectivity index (χ4v) is 1.60. The minimum atomic E-state index is -0.987. The van der Waals surface area contributed by atoms with Crippen molar-refractivity contribution in [2.75, 3.05) is 20.3 Å². The second kappa shape index (κ2) is 7.10. The summed E-state index contributed by atoms with van der Waals surface area (Å²) in [4.78, 5) is 10.9. The summed E-state index contributed by atoms with van der Waals surface area (Å²) in [6, 6.07) is 0. The van der Waals surface area contributed by atoms with Crippen LogP contribution in [-0.4, -0.2) is 52.3 Å². The van der Waals surface area contributed by atoms with E-state index < -0.39 is 12.1 Å². The number of carboxylic acid groups (broad SMARTS) is 1. The lowest BCUT2D eigenvalue weighted by molar-refractivity contribution is 0.0593. The summed E-state index contributed by atoms with van der Waals surface area (Å²) in [5.41, 5.74) is 0.811. The number of carboxylic acids is 1. The Labute approximate surface area is 105 Å². The SMILES string of the molecule is COCC(O)CCNCc1c(C(=O)O)cnn1C. The molecule has 0 fully saturated rings. The third-order valence-corrected chi connectivity index (χ3v) is 2.60. The molecule has 0 saturated heterocycles. The van der Waals surface area contributed by atoms with Crippen LogP contribution in [0.4, 0.5) is 0 Å². The Morgan fingerprint density at radius 1 is 1.67 bits per heavy atom. The predicted molar refractivity (Wildman–Crippen MR) is 64.4 cm³/mol. The highest BCUT2D eigenvalue weighted by molar-refractivity contribution is 5.88. The summed E-state index contributed by atoms with van der Waals surface area (Å²) in [6.45, 7) is 1.28. The number of aromatic carboxylic acids is 1. The van der Waals surface area contributed by atoms with Gasteiger partial charge in [-0.25, -0.2) is 4.79 Å². The van der Waals surface area contributed by atoms with Crippen LogP contribution in [-0.2, 0) is 18.3 Å². The van der Waals surface area contributed by atoms with E-state index >= 15 is 0 Å². The van der Waals surface area contributed by atoms with E-state index in [0.29, 0.717) is 31.8 Å². The van der Waals surface area contributed by atoms with Crippen LogP contribution in [0.25, 0.3) is 0 Å². The summed E-state index contributed by atoms with van der Waals surface area (Å²) >= 11 is 0. The number of carbonyl (C=O) groups is 1. The molecular weight excluding hydrogens is 238 g/mol. The van der Waals surface area contributed by atoms with Crippen molar-refractivity contribution in [1.82, 2.24) is 15.1 Å². The maximum Gasteiger partial charge on any atom is 0.339 e. The van der Waals surface area contributed by atoms with Gasteiger partial charge in [-0.2, -0.15) is 5.10 Å². The Morgan fingerprint density at radius 3 is 3.00 bits per heavy atom. The van der Waals surface area contributed by atoms with Crippen LogP contribution >= 0.6 is 0 Å². The molecule has 1 atom stereocenters. The Bertz CT molecular complexity index is 392. The number of aryl methyl sites for hydroxylation is 1. The first kappa shape index (κ1) is 14.6. The van der Waals surface area contributed by atoms with Gasteiger partial charge >= 0.3 is 5.97 Å². The number of aromatic nitrogens is 2. The first-order valence-electron chi connectivity index (χ1n) is 5.68. The number of rotatable bonds is 8. The molecular formula is C11H19N3O4. The summed E-state index contributed by atoms with van der Waals surface area (Å²) in [6.07, 6.45) is 1.38. The van der Waals surface area contributed by atoms with Gasteiger partial charge in [0.2, 0.25) is 0 Å². The van der Waals surface area contributed by atoms with Crippen LogP contribution in [0.15, 0.2) is 6.20 Å². The lowest BCUT2D eigenvalue weighted by Crippen LogP contribution is -2.24. The molecule has 1 aromatic heterocycles. The van der Waals surface area contributed by atoms with Gasteiger partial charge in [0.25, 0.3) is 0 Å². The monoisotopic (exact) mass is 257 g/mol. The highest BCUT2D eigenvalue weighted by atomic mass is 16.5. The first-order valence-corrected chi connectivity index (χ1v) is 5.68. The van der Waals surface area contributed by atoms with Crippen molar-refractivity contribution in [3.8, 4) is 0 Å². The van der Waals surface area contributed by atoms with Crippen molar-refractivity contribution < 1.29 is 19.7 Å². The number of nitrogens with zero attached hydrogens (tertiary/aromatic N) is 2. The maximum atomic E-state index is 10.9. The summed E-state index contributed by atoms with van der Waals surface area (Å²) in [7, 11) is 3.23. The molecule has 0 aromatic carbocycles. The molecule has 3 N–H and O–H groups in total. The van der Waals surface area contributed by atoms with Gasteiger partial charge in [-0.05, 0) is 13.0 Å². The summed E-state index contributed by atoms with van der Waals surface area (Å²) in [5, 5.41) is 25.4. The fraction of sp³-hybridized carbons (Fsp3) is 0.636. The van der Waals surface area contributed by atoms with Crippen LogP contribution in [0.5, 0.6) is 0 Å². The molecule has 0 aliphatic carbocycles. The van der Waals surface area contributed by atoms with Crippen molar-refractivity contribution in [3.63, 3.8) is 0 Å². The Hall–Kier alpha value is -1.44. The van der Waals surface area contributed by atoms with Crippen LogP contribution < -0.4 is 5.32 Å². The molecule has 7 heteroatoms. The molecule has 18 heavy (non-hydrogen) atoms. The largest absolute Gasteiger partial charge is 0.478 e. The minimum Gasteiger partial charge on any atom is -0.478 e. The molecule has 0 amide bonds. The molecule has 1 heterocycles. The van der Waals surface area contributed by atoms with Crippen molar-refractivity contribution in [2.24, 2.45) is 7.05 Å². The topological polar surface area (TPSA) is 96.6 Å². The van der Waals surface area contributed by atoms with Gasteiger partial charge < -0.3 is 20.3 Å². The van der Waals surface area contributed by atoms with E-state index in [-0.39, 0.29) is 5.56 Å². The van der Waals surface area contributed by atoms with Crippen LogP contribution in [0.1, 0.15) is 22.5 Å². The van der Waals surface area contributed by atoms with Crippen molar-refractivity contribution in [1.29, 1.82) is 0 Å². The van der Waals surface area contributed by atoms with E-state index in [0.717, 1.165) is 0 Å². The van der Waals surface area contributed by atoms with E-state index in [9.17, 15) is 9.90 Å².